The molecule has 1 aromatic heterocycles. The minimum Gasteiger partial charge on any atom is -0.508 e. The zero-order chi connectivity index (χ0) is 22.0. The average Bonchev–Trinajstić information content (AvgIpc) is 3.13. The third-order valence-electron chi connectivity index (χ3n) is 4.76. The van der Waals surface area contributed by atoms with Crippen LogP contribution in [0.5, 0.6) is 5.75 Å². The van der Waals surface area contributed by atoms with Gasteiger partial charge in [-0.05, 0) is 60.5 Å². The number of aromatic amines is 2. The molecule has 0 bridgehead atoms. The number of aromatic hydroxyl groups is 1. The number of phenolic OH excluding ortho intramolecular Hbond substituents is 1. The summed E-state index contributed by atoms with van der Waals surface area (Å²) in [5.74, 6) is -0.936. The van der Waals surface area contributed by atoms with Crippen LogP contribution in [0.25, 0.3) is 22.2 Å². The summed E-state index contributed by atoms with van der Waals surface area (Å²) in [6.45, 7) is 1.48. The summed E-state index contributed by atoms with van der Waals surface area (Å²) < 4.78 is 5.28. The summed E-state index contributed by atoms with van der Waals surface area (Å²) in [5.41, 5.74) is 3.39. The van der Waals surface area contributed by atoms with Crippen molar-refractivity contribution in [2.75, 3.05) is 5.32 Å². The molecule has 4 rings (SSSR count). The molecule has 0 fully saturated rings. The number of esters is 1. The van der Waals surface area contributed by atoms with Crippen LogP contribution >= 0.6 is 0 Å². The minimum absolute atomic E-state index is 0.178. The molecule has 0 radical (unpaired) electrons. The van der Waals surface area contributed by atoms with Gasteiger partial charge in [0.25, 0.3) is 5.91 Å². The maximum atomic E-state index is 12.4. The highest BCUT2D eigenvalue weighted by atomic mass is 16.5. The monoisotopic (exact) mass is 417 g/mol. The van der Waals surface area contributed by atoms with Gasteiger partial charge in [0, 0.05) is 5.69 Å². The normalized spacial score (nSPS) is 11.8. The lowest BCUT2D eigenvalue weighted by Gasteiger charge is -2.14. The number of aromatic nitrogens is 2. The number of nitrogens with one attached hydrogen (secondary N) is 3. The molecule has 1 heterocycles. The van der Waals surface area contributed by atoms with Crippen molar-refractivity contribution >= 4 is 28.6 Å². The Bertz CT molecular complexity index is 1300. The van der Waals surface area contributed by atoms with E-state index in [0.29, 0.717) is 22.3 Å². The van der Waals surface area contributed by atoms with Crippen LogP contribution in [0.3, 0.4) is 0 Å². The number of benzene rings is 3. The number of hydrogen-bond donors (Lipinski definition) is 4. The second kappa shape index (κ2) is 8.19. The van der Waals surface area contributed by atoms with Crippen molar-refractivity contribution in [3.63, 3.8) is 0 Å². The average molecular weight is 417 g/mol. The van der Waals surface area contributed by atoms with Crippen molar-refractivity contribution in [3.05, 3.63) is 82.8 Å². The van der Waals surface area contributed by atoms with Crippen molar-refractivity contribution in [1.82, 2.24) is 9.97 Å². The molecule has 1 amide bonds. The first-order valence-corrected chi connectivity index (χ1v) is 9.52. The summed E-state index contributed by atoms with van der Waals surface area (Å²) in [7, 11) is 0. The molecule has 0 saturated carbocycles. The zero-order valence-electron chi connectivity index (χ0n) is 16.5. The fourth-order valence-electron chi connectivity index (χ4n) is 3.09. The van der Waals surface area contributed by atoms with Gasteiger partial charge < -0.3 is 25.1 Å². The van der Waals surface area contributed by atoms with Crippen molar-refractivity contribution in [2.24, 2.45) is 0 Å². The number of hydrogen-bond acceptors (Lipinski definition) is 5. The molecule has 31 heavy (non-hydrogen) atoms. The van der Waals surface area contributed by atoms with Crippen LogP contribution in [0.2, 0.25) is 0 Å². The van der Waals surface area contributed by atoms with Crippen LogP contribution < -0.4 is 11.0 Å². The third kappa shape index (κ3) is 4.48. The second-order valence-electron chi connectivity index (χ2n) is 7.00. The number of ether oxygens (including phenoxy) is 1. The Kier molecular flexibility index (Phi) is 5.28. The fraction of sp³-hybridized carbons (Fsp3) is 0.0870. The number of anilines is 1. The summed E-state index contributed by atoms with van der Waals surface area (Å²) in [6.07, 6.45) is -1.02. The minimum atomic E-state index is -1.02. The van der Waals surface area contributed by atoms with Crippen LogP contribution in [0.1, 0.15) is 17.3 Å². The Morgan fingerprint density at radius 2 is 1.52 bits per heavy atom. The van der Waals surface area contributed by atoms with Crippen molar-refractivity contribution in [1.29, 1.82) is 0 Å². The first-order valence-electron chi connectivity index (χ1n) is 9.52. The molecule has 3 aromatic carbocycles. The molecule has 1 atom stereocenters. The van der Waals surface area contributed by atoms with E-state index >= 15 is 0 Å². The Balaban J connectivity index is 1.39. The molecule has 8 heteroatoms. The maximum absolute atomic E-state index is 12.4. The highest BCUT2D eigenvalue weighted by molar-refractivity contribution is 5.98. The summed E-state index contributed by atoms with van der Waals surface area (Å²) in [6, 6.07) is 18.4. The Hall–Kier alpha value is -4.33. The third-order valence-corrected chi connectivity index (χ3v) is 4.76. The van der Waals surface area contributed by atoms with Gasteiger partial charge in [-0.15, -0.1) is 0 Å². The van der Waals surface area contributed by atoms with Gasteiger partial charge in [0.15, 0.2) is 6.10 Å². The number of carbonyl (C=O) groups is 2. The molecular weight excluding hydrogens is 398 g/mol. The van der Waals surface area contributed by atoms with Gasteiger partial charge in [-0.25, -0.2) is 9.59 Å². The standard InChI is InChI=1S/C23H19N3O5/c1-13(21(28)24-17-8-11-19-20(12-17)26-23(30)25-19)31-22(29)16-4-2-14(3-5-16)15-6-9-18(27)10-7-15/h2-13,27H,1H3,(H,24,28)(H2,25,26,30)/t13-/m1/s1. The number of amides is 1. The lowest BCUT2D eigenvalue weighted by Crippen LogP contribution is -2.30. The van der Waals surface area contributed by atoms with Gasteiger partial charge >= 0.3 is 11.7 Å². The number of rotatable bonds is 5. The smallest absolute Gasteiger partial charge is 0.338 e. The Morgan fingerprint density at radius 1 is 0.903 bits per heavy atom. The number of carbonyl (C=O) groups excluding carboxylic acids is 2. The van der Waals surface area contributed by atoms with E-state index in [4.69, 9.17) is 4.74 Å². The number of fused-ring (bicyclic) bond motifs is 1. The van der Waals surface area contributed by atoms with E-state index in [9.17, 15) is 19.5 Å². The second-order valence-corrected chi connectivity index (χ2v) is 7.00. The molecule has 0 saturated heterocycles. The Morgan fingerprint density at radius 3 is 2.19 bits per heavy atom. The molecular formula is C23H19N3O5. The molecule has 4 aromatic rings. The first-order chi connectivity index (χ1) is 14.9. The molecule has 0 aliphatic carbocycles. The molecule has 0 aliphatic heterocycles. The van der Waals surface area contributed by atoms with Gasteiger partial charge in [0.1, 0.15) is 5.75 Å². The van der Waals surface area contributed by atoms with Gasteiger partial charge in [0.05, 0.1) is 16.6 Å². The topological polar surface area (TPSA) is 124 Å². The van der Waals surface area contributed by atoms with E-state index in [1.54, 1.807) is 66.7 Å². The van der Waals surface area contributed by atoms with Gasteiger partial charge in [0.2, 0.25) is 0 Å². The van der Waals surface area contributed by atoms with Crippen LogP contribution in [-0.4, -0.2) is 33.1 Å². The number of phenols is 1. The highest BCUT2D eigenvalue weighted by Crippen LogP contribution is 2.22. The quantitative estimate of drug-likeness (QED) is 0.371. The maximum Gasteiger partial charge on any atom is 0.338 e. The lowest BCUT2D eigenvalue weighted by molar-refractivity contribution is -0.123. The Labute approximate surface area is 176 Å². The molecule has 8 nitrogen and oxygen atoms in total. The molecule has 4 N–H and O–H groups in total. The number of imidazole rings is 1. The van der Waals surface area contributed by atoms with Crippen molar-refractivity contribution in [3.8, 4) is 16.9 Å². The van der Waals surface area contributed by atoms with Gasteiger partial charge in [-0.1, -0.05) is 24.3 Å². The first kappa shape index (κ1) is 20.0. The highest BCUT2D eigenvalue weighted by Gasteiger charge is 2.19. The van der Waals surface area contributed by atoms with Gasteiger partial charge in [-0.2, -0.15) is 0 Å². The summed E-state index contributed by atoms with van der Waals surface area (Å²) in [4.78, 5) is 41.4. The summed E-state index contributed by atoms with van der Waals surface area (Å²) in [5, 5.41) is 12.0. The lowest BCUT2D eigenvalue weighted by atomic mass is 10.0. The summed E-state index contributed by atoms with van der Waals surface area (Å²) >= 11 is 0. The molecule has 0 spiro atoms. The zero-order valence-corrected chi connectivity index (χ0v) is 16.5. The van der Waals surface area contributed by atoms with E-state index in [2.05, 4.69) is 15.3 Å². The predicted molar refractivity (Wildman–Crippen MR) is 116 cm³/mol. The van der Waals surface area contributed by atoms with Crippen LogP contribution in [0, 0.1) is 0 Å². The van der Waals surface area contributed by atoms with Crippen LogP contribution in [0.15, 0.2) is 71.5 Å². The fourth-order valence-corrected chi connectivity index (χ4v) is 3.09. The predicted octanol–water partition coefficient (Wildman–Crippen LogP) is 3.41. The van der Waals surface area contributed by atoms with E-state index in [0.717, 1.165) is 11.1 Å². The number of H-pyrrole nitrogens is 2. The van der Waals surface area contributed by atoms with E-state index in [1.807, 2.05) is 0 Å². The van der Waals surface area contributed by atoms with Gasteiger partial charge in [-0.3, -0.25) is 4.79 Å². The molecule has 156 valence electrons. The van der Waals surface area contributed by atoms with E-state index in [1.165, 1.54) is 6.92 Å². The largest absolute Gasteiger partial charge is 0.508 e. The van der Waals surface area contributed by atoms with E-state index < -0.39 is 18.0 Å². The van der Waals surface area contributed by atoms with Crippen LogP contribution in [0.4, 0.5) is 5.69 Å². The van der Waals surface area contributed by atoms with Crippen molar-refractivity contribution < 1.29 is 19.4 Å². The molecule has 0 aliphatic rings. The van der Waals surface area contributed by atoms with Crippen LogP contribution in [-0.2, 0) is 9.53 Å². The SMILES string of the molecule is C[C@@H](OC(=O)c1ccc(-c2ccc(O)cc2)cc1)C(=O)Nc1ccc2[nH]c(=O)[nH]c2c1. The van der Waals surface area contributed by atoms with E-state index in [-0.39, 0.29) is 11.4 Å². The molecule has 0 unspecified atom stereocenters. The van der Waals surface area contributed by atoms with Crippen molar-refractivity contribution in [2.45, 2.75) is 13.0 Å².